The number of furan rings is 1. The molecule has 1 aromatic heterocycles. The third-order valence-electron chi connectivity index (χ3n) is 3.94. The number of nitrogens with zero attached hydrogens (tertiary/aromatic N) is 2. The van der Waals surface area contributed by atoms with Gasteiger partial charge in [0.2, 0.25) is 0 Å². The summed E-state index contributed by atoms with van der Waals surface area (Å²) in [6.45, 7) is 5.74. The first-order valence-corrected chi connectivity index (χ1v) is 7.98. The molecule has 132 valence electrons. The van der Waals surface area contributed by atoms with Crippen LogP contribution in [0, 0.1) is 0 Å². The standard InChI is InChI=1S/C16H28N4O2.HI/c1-13(12-21-3)19-16(17-2)18-11-14(15-7-6-10-22-15)20-8-4-5-9-20;/h6-7,10,13-14H,4-5,8-9,11-12H2,1-3H3,(H2,17,18,19);1H. The van der Waals surface area contributed by atoms with Gasteiger partial charge in [0.1, 0.15) is 5.76 Å². The molecule has 1 aliphatic rings. The van der Waals surface area contributed by atoms with Crippen LogP contribution in [0.1, 0.15) is 31.6 Å². The highest BCUT2D eigenvalue weighted by atomic mass is 127. The molecule has 2 atom stereocenters. The van der Waals surface area contributed by atoms with Crippen molar-refractivity contribution in [1.82, 2.24) is 15.5 Å². The van der Waals surface area contributed by atoms with E-state index in [2.05, 4.69) is 33.5 Å². The lowest BCUT2D eigenvalue weighted by Crippen LogP contribution is -2.46. The van der Waals surface area contributed by atoms with Gasteiger partial charge in [-0.3, -0.25) is 9.89 Å². The first-order valence-electron chi connectivity index (χ1n) is 7.98. The maximum absolute atomic E-state index is 5.63. The van der Waals surface area contributed by atoms with Crippen LogP contribution in [0.25, 0.3) is 0 Å². The summed E-state index contributed by atoms with van der Waals surface area (Å²) in [6.07, 6.45) is 4.26. The molecule has 6 nitrogen and oxygen atoms in total. The topological polar surface area (TPSA) is 62.0 Å². The second-order valence-electron chi connectivity index (χ2n) is 5.73. The number of likely N-dealkylation sites (tertiary alicyclic amines) is 1. The molecular formula is C16H29IN4O2. The fraction of sp³-hybridized carbons (Fsp3) is 0.688. The average molecular weight is 436 g/mol. The fourth-order valence-electron chi connectivity index (χ4n) is 2.86. The van der Waals surface area contributed by atoms with E-state index in [1.807, 2.05) is 6.07 Å². The minimum Gasteiger partial charge on any atom is -0.468 e. The number of hydrogen-bond donors (Lipinski definition) is 2. The smallest absolute Gasteiger partial charge is 0.191 e. The van der Waals surface area contributed by atoms with Gasteiger partial charge in [-0.2, -0.15) is 0 Å². The van der Waals surface area contributed by atoms with Crippen molar-refractivity contribution in [3.63, 3.8) is 0 Å². The maximum atomic E-state index is 5.63. The highest BCUT2D eigenvalue weighted by molar-refractivity contribution is 14.0. The molecule has 0 amide bonds. The first-order chi connectivity index (χ1) is 10.7. The van der Waals surface area contributed by atoms with E-state index < -0.39 is 0 Å². The fourth-order valence-corrected chi connectivity index (χ4v) is 2.86. The zero-order valence-corrected chi connectivity index (χ0v) is 16.6. The van der Waals surface area contributed by atoms with Crippen molar-refractivity contribution in [2.75, 3.05) is 40.4 Å². The Morgan fingerprint density at radius 2 is 2.17 bits per heavy atom. The Hall–Kier alpha value is -0.800. The summed E-state index contributed by atoms with van der Waals surface area (Å²) in [5.41, 5.74) is 0. The molecule has 0 radical (unpaired) electrons. The monoisotopic (exact) mass is 436 g/mol. The summed E-state index contributed by atoms with van der Waals surface area (Å²) in [6, 6.07) is 4.46. The molecule has 2 N–H and O–H groups in total. The molecule has 2 heterocycles. The van der Waals surface area contributed by atoms with Crippen LogP contribution < -0.4 is 10.6 Å². The number of halogens is 1. The number of guanidine groups is 1. The minimum absolute atomic E-state index is 0. The van der Waals surface area contributed by atoms with Gasteiger partial charge in [-0.1, -0.05) is 0 Å². The molecule has 1 aromatic rings. The van der Waals surface area contributed by atoms with Gasteiger partial charge in [0.25, 0.3) is 0 Å². The number of methoxy groups -OCH3 is 1. The SMILES string of the molecule is CN=C(NCC(c1ccco1)N1CCCC1)NC(C)COC.I. The molecule has 2 unspecified atom stereocenters. The van der Waals surface area contributed by atoms with Crippen LogP contribution in [-0.2, 0) is 4.74 Å². The molecule has 1 saturated heterocycles. The Morgan fingerprint density at radius 3 is 2.74 bits per heavy atom. The summed E-state index contributed by atoms with van der Waals surface area (Å²) in [5.74, 6) is 1.80. The first kappa shape index (κ1) is 20.2. The number of ether oxygens (including phenoxy) is 1. The summed E-state index contributed by atoms with van der Waals surface area (Å²) in [4.78, 5) is 6.75. The summed E-state index contributed by atoms with van der Waals surface area (Å²) < 4.78 is 10.8. The molecule has 0 aliphatic carbocycles. The van der Waals surface area contributed by atoms with Crippen molar-refractivity contribution in [2.45, 2.75) is 31.8 Å². The van der Waals surface area contributed by atoms with Gasteiger partial charge in [-0.15, -0.1) is 24.0 Å². The van der Waals surface area contributed by atoms with E-state index in [1.54, 1.807) is 20.4 Å². The van der Waals surface area contributed by atoms with Gasteiger partial charge in [0.15, 0.2) is 5.96 Å². The van der Waals surface area contributed by atoms with E-state index in [0.29, 0.717) is 6.61 Å². The lowest BCUT2D eigenvalue weighted by molar-refractivity contribution is 0.178. The molecule has 0 aromatic carbocycles. The van der Waals surface area contributed by atoms with E-state index in [9.17, 15) is 0 Å². The van der Waals surface area contributed by atoms with Crippen molar-refractivity contribution < 1.29 is 9.15 Å². The van der Waals surface area contributed by atoms with Crippen LogP contribution in [0.5, 0.6) is 0 Å². The Labute approximate surface area is 156 Å². The van der Waals surface area contributed by atoms with Gasteiger partial charge in [0.05, 0.1) is 18.9 Å². The van der Waals surface area contributed by atoms with Gasteiger partial charge in [-0.05, 0) is 45.0 Å². The van der Waals surface area contributed by atoms with E-state index in [0.717, 1.165) is 31.4 Å². The second kappa shape index (κ2) is 10.9. The Bertz CT molecular complexity index is 447. The summed E-state index contributed by atoms with van der Waals surface area (Å²) in [7, 11) is 3.49. The Morgan fingerprint density at radius 1 is 1.43 bits per heavy atom. The lowest BCUT2D eigenvalue weighted by atomic mass is 10.2. The molecule has 0 saturated carbocycles. The molecule has 1 fully saturated rings. The molecule has 7 heteroatoms. The van der Waals surface area contributed by atoms with Crippen molar-refractivity contribution in [2.24, 2.45) is 4.99 Å². The predicted molar refractivity (Wildman–Crippen MR) is 104 cm³/mol. The molecule has 2 rings (SSSR count). The quantitative estimate of drug-likeness (QED) is 0.390. The van der Waals surface area contributed by atoms with Crippen LogP contribution in [0.15, 0.2) is 27.8 Å². The third-order valence-corrected chi connectivity index (χ3v) is 3.94. The van der Waals surface area contributed by atoms with Crippen LogP contribution in [0.3, 0.4) is 0 Å². The lowest BCUT2D eigenvalue weighted by Gasteiger charge is -2.27. The van der Waals surface area contributed by atoms with E-state index in [1.165, 1.54) is 12.8 Å². The molecule has 0 bridgehead atoms. The van der Waals surface area contributed by atoms with Crippen LogP contribution in [0.2, 0.25) is 0 Å². The largest absolute Gasteiger partial charge is 0.468 e. The predicted octanol–water partition coefficient (Wildman–Crippen LogP) is 2.23. The van der Waals surface area contributed by atoms with E-state index in [4.69, 9.17) is 9.15 Å². The number of hydrogen-bond acceptors (Lipinski definition) is 4. The third kappa shape index (κ3) is 6.31. The van der Waals surface area contributed by atoms with Crippen LogP contribution >= 0.6 is 24.0 Å². The minimum atomic E-state index is 0. The van der Waals surface area contributed by atoms with Crippen molar-refractivity contribution in [1.29, 1.82) is 0 Å². The Balaban J connectivity index is 0.00000264. The molecule has 1 aliphatic heterocycles. The average Bonchev–Trinajstić information content (AvgIpc) is 3.20. The Kier molecular flexibility index (Phi) is 9.57. The summed E-state index contributed by atoms with van der Waals surface area (Å²) >= 11 is 0. The zero-order valence-electron chi connectivity index (χ0n) is 14.2. The van der Waals surface area contributed by atoms with Crippen LogP contribution in [-0.4, -0.2) is 57.3 Å². The van der Waals surface area contributed by atoms with E-state index in [-0.39, 0.29) is 36.1 Å². The van der Waals surface area contributed by atoms with Gasteiger partial charge in [-0.25, -0.2) is 0 Å². The van der Waals surface area contributed by atoms with Crippen molar-refractivity contribution in [3.05, 3.63) is 24.2 Å². The summed E-state index contributed by atoms with van der Waals surface area (Å²) in [5, 5.41) is 6.73. The normalized spacial score (nSPS) is 18.3. The van der Waals surface area contributed by atoms with Crippen molar-refractivity contribution in [3.8, 4) is 0 Å². The highest BCUT2D eigenvalue weighted by Crippen LogP contribution is 2.24. The van der Waals surface area contributed by atoms with Gasteiger partial charge in [0, 0.05) is 26.7 Å². The van der Waals surface area contributed by atoms with Crippen LogP contribution in [0.4, 0.5) is 0 Å². The van der Waals surface area contributed by atoms with Gasteiger partial charge >= 0.3 is 0 Å². The number of aliphatic imine (C=N–C) groups is 1. The highest BCUT2D eigenvalue weighted by Gasteiger charge is 2.25. The molecule has 23 heavy (non-hydrogen) atoms. The van der Waals surface area contributed by atoms with E-state index >= 15 is 0 Å². The number of rotatable bonds is 7. The zero-order chi connectivity index (χ0) is 15.8. The second-order valence-corrected chi connectivity index (χ2v) is 5.73. The molecular weight excluding hydrogens is 407 g/mol. The molecule has 0 spiro atoms. The maximum Gasteiger partial charge on any atom is 0.191 e. The van der Waals surface area contributed by atoms with Crippen molar-refractivity contribution >= 4 is 29.9 Å². The van der Waals surface area contributed by atoms with Gasteiger partial charge < -0.3 is 19.8 Å². The number of nitrogens with one attached hydrogen (secondary N) is 2.